The summed E-state index contributed by atoms with van der Waals surface area (Å²) in [5.74, 6) is -0.224. The molecule has 3 N–H and O–H groups in total. The van der Waals surface area contributed by atoms with E-state index in [0.717, 1.165) is 0 Å². The molecular weight excluding hydrogens is 287 g/mol. The Morgan fingerprint density at radius 3 is 2.77 bits per heavy atom. The summed E-state index contributed by atoms with van der Waals surface area (Å²) in [5.41, 5.74) is 4.73. The molecule has 6 heteroatoms. The number of rotatable bonds is 5. The third-order valence-corrected chi connectivity index (χ3v) is 4.07. The van der Waals surface area contributed by atoms with E-state index < -0.39 is 17.5 Å². The number of hydrogen-bond acceptors (Lipinski definition) is 4. The number of ether oxygens (including phenoxy) is 1. The molecule has 1 aliphatic rings. The van der Waals surface area contributed by atoms with Crippen LogP contribution in [-0.4, -0.2) is 47.3 Å². The second-order valence-electron chi connectivity index (χ2n) is 5.81. The number of hydrogen-bond donors (Lipinski definition) is 2. The van der Waals surface area contributed by atoms with Crippen LogP contribution in [0.4, 0.5) is 4.39 Å². The highest BCUT2D eigenvalue weighted by Gasteiger charge is 2.34. The summed E-state index contributed by atoms with van der Waals surface area (Å²) in [6.07, 6.45) is 0.887. The van der Waals surface area contributed by atoms with Crippen LogP contribution in [0.3, 0.4) is 0 Å². The molecule has 2 rings (SSSR count). The van der Waals surface area contributed by atoms with Crippen LogP contribution in [0, 0.1) is 5.82 Å². The number of nitrogens with zero attached hydrogens (tertiary/aromatic N) is 1. The highest BCUT2D eigenvalue weighted by Crippen LogP contribution is 2.25. The van der Waals surface area contributed by atoms with Gasteiger partial charge in [0, 0.05) is 19.2 Å². The van der Waals surface area contributed by atoms with Gasteiger partial charge in [-0.05, 0) is 44.9 Å². The Labute approximate surface area is 129 Å². The average Bonchev–Trinajstić information content (AvgIpc) is 2.47. The van der Waals surface area contributed by atoms with Crippen molar-refractivity contribution in [3.8, 4) is 5.75 Å². The highest BCUT2D eigenvalue weighted by atomic mass is 19.1. The SMILES string of the molecule is CC(Oc1cccc(F)c1)C(=O)N1CCC(O)(CCN)CC1. The van der Waals surface area contributed by atoms with E-state index in [1.807, 2.05) is 0 Å². The molecule has 0 saturated carbocycles. The average molecular weight is 310 g/mol. The van der Waals surface area contributed by atoms with Gasteiger partial charge in [0.1, 0.15) is 11.6 Å². The van der Waals surface area contributed by atoms with E-state index in [9.17, 15) is 14.3 Å². The van der Waals surface area contributed by atoms with Crippen molar-refractivity contribution in [3.05, 3.63) is 30.1 Å². The Bertz CT molecular complexity index is 516. The Balaban J connectivity index is 1.89. The van der Waals surface area contributed by atoms with Crippen molar-refractivity contribution >= 4 is 5.91 Å². The van der Waals surface area contributed by atoms with E-state index in [1.165, 1.54) is 18.2 Å². The lowest BCUT2D eigenvalue weighted by atomic mass is 9.88. The predicted octanol–water partition coefficient (Wildman–Crippen LogP) is 1.30. The standard InChI is InChI=1S/C16H23FN2O3/c1-12(22-14-4-2-3-13(17)11-14)15(20)19-9-6-16(21,5-8-18)7-10-19/h2-4,11-12,21H,5-10,18H2,1H3. The molecule has 0 aliphatic carbocycles. The molecule has 1 aromatic carbocycles. The molecule has 1 saturated heterocycles. The number of halogens is 1. The Hall–Kier alpha value is -1.66. The van der Waals surface area contributed by atoms with E-state index in [-0.39, 0.29) is 5.91 Å². The van der Waals surface area contributed by atoms with Crippen LogP contribution in [0.1, 0.15) is 26.2 Å². The van der Waals surface area contributed by atoms with Crippen molar-refractivity contribution in [1.82, 2.24) is 4.90 Å². The number of carbonyl (C=O) groups is 1. The predicted molar refractivity (Wildman–Crippen MR) is 80.9 cm³/mol. The molecule has 0 aromatic heterocycles. The van der Waals surface area contributed by atoms with Crippen LogP contribution in [0.25, 0.3) is 0 Å². The normalized spacial score (nSPS) is 18.8. The molecule has 22 heavy (non-hydrogen) atoms. The Morgan fingerprint density at radius 1 is 1.50 bits per heavy atom. The fourth-order valence-corrected chi connectivity index (χ4v) is 2.71. The van der Waals surface area contributed by atoms with Crippen molar-refractivity contribution in [1.29, 1.82) is 0 Å². The molecule has 122 valence electrons. The smallest absolute Gasteiger partial charge is 0.263 e. The lowest BCUT2D eigenvalue weighted by Crippen LogP contribution is -2.50. The maximum Gasteiger partial charge on any atom is 0.263 e. The third kappa shape index (κ3) is 4.18. The Kier molecular flexibility index (Phi) is 5.37. The van der Waals surface area contributed by atoms with E-state index in [2.05, 4.69) is 0 Å². The third-order valence-electron chi connectivity index (χ3n) is 4.07. The molecule has 5 nitrogen and oxygen atoms in total. The van der Waals surface area contributed by atoms with Gasteiger partial charge < -0.3 is 20.5 Å². The number of aliphatic hydroxyl groups is 1. The number of amides is 1. The molecule has 1 heterocycles. The lowest BCUT2D eigenvalue weighted by Gasteiger charge is -2.38. The van der Waals surface area contributed by atoms with Gasteiger partial charge in [0.25, 0.3) is 5.91 Å². The first-order valence-corrected chi connectivity index (χ1v) is 7.57. The van der Waals surface area contributed by atoms with E-state index in [4.69, 9.17) is 10.5 Å². The van der Waals surface area contributed by atoms with Gasteiger partial charge in [-0.2, -0.15) is 0 Å². The zero-order valence-electron chi connectivity index (χ0n) is 12.8. The minimum absolute atomic E-state index is 0.154. The molecule has 0 radical (unpaired) electrons. The molecule has 0 bridgehead atoms. The summed E-state index contributed by atoms with van der Waals surface area (Å²) in [4.78, 5) is 14.0. The van der Waals surface area contributed by atoms with Gasteiger partial charge in [0.2, 0.25) is 0 Å². The summed E-state index contributed by atoms with van der Waals surface area (Å²) >= 11 is 0. The molecule has 1 fully saturated rings. The number of carbonyl (C=O) groups excluding carboxylic acids is 1. The van der Waals surface area contributed by atoms with Gasteiger partial charge in [0.15, 0.2) is 6.10 Å². The van der Waals surface area contributed by atoms with Crippen molar-refractivity contribution in [2.75, 3.05) is 19.6 Å². The number of piperidine rings is 1. The topological polar surface area (TPSA) is 75.8 Å². The van der Waals surface area contributed by atoms with Gasteiger partial charge in [-0.25, -0.2) is 4.39 Å². The second kappa shape index (κ2) is 7.07. The number of nitrogens with two attached hydrogens (primary N) is 1. The van der Waals surface area contributed by atoms with E-state index in [0.29, 0.717) is 44.6 Å². The van der Waals surface area contributed by atoms with Gasteiger partial charge >= 0.3 is 0 Å². The first-order valence-electron chi connectivity index (χ1n) is 7.57. The second-order valence-corrected chi connectivity index (χ2v) is 5.81. The zero-order chi connectivity index (χ0) is 16.2. The maximum absolute atomic E-state index is 13.1. The van der Waals surface area contributed by atoms with Gasteiger partial charge in [0.05, 0.1) is 5.60 Å². The van der Waals surface area contributed by atoms with Crippen LogP contribution >= 0.6 is 0 Å². The zero-order valence-corrected chi connectivity index (χ0v) is 12.8. The van der Waals surface area contributed by atoms with Crippen molar-refractivity contribution in [2.45, 2.75) is 37.9 Å². The molecule has 1 amide bonds. The quantitative estimate of drug-likeness (QED) is 0.859. The minimum Gasteiger partial charge on any atom is -0.481 e. The van der Waals surface area contributed by atoms with Crippen LogP contribution in [0.2, 0.25) is 0 Å². The number of benzene rings is 1. The van der Waals surface area contributed by atoms with Crippen LogP contribution in [-0.2, 0) is 4.79 Å². The minimum atomic E-state index is -0.766. The van der Waals surface area contributed by atoms with Gasteiger partial charge in [-0.15, -0.1) is 0 Å². The fourth-order valence-electron chi connectivity index (χ4n) is 2.71. The summed E-state index contributed by atoms with van der Waals surface area (Å²) < 4.78 is 18.6. The van der Waals surface area contributed by atoms with E-state index in [1.54, 1.807) is 17.9 Å². The molecule has 0 spiro atoms. The Morgan fingerprint density at radius 2 is 2.18 bits per heavy atom. The first kappa shape index (κ1) is 16.7. The largest absolute Gasteiger partial charge is 0.481 e. The molecule has 1 unspecified atom stereocenters. The maximum atomic E-state index is 13.1. The molecular formula is C16H23FN2O3. The van der Waals surface area contributed by atoms with Crippen molar-refractivity contribution in [2.24, 2.45) is 5.73 Å². The summed E-state index contributed by atoms with van der Waals surface area (Å²) in [5, 5.41) is 10.3. The van der Waals surface area contributed by atoms with Crippen molar-refractivity contribution in [3.63, 3.8) is 0 Å². The molecule has 1 atom stereocenters. The molecule has 1 aliphatic heterocycles. The lowest BCUT2D eigenvalue weighted by molar-refractivity contribution is -0.142. The summed E-state index contributed by atoms with van der Waals surface area (Å²) in [6, 6.07) is 5.72. The first-order chi connectivity index (χ1) is 10.4. The van der Waals surface area contributed by atoms with Crippen LogP contribution in [0.15, 0.2) is 24.3 Å². The highest BCUT2D eigenvalue weighted by molar-refractivity contribution is 5.81. The fraction of sp³-hybridized carbons (Fsp3) is 0.562. The monoisotopic (exact) mass is 310 g/mol. The van der Waals surface area contributed by atoms with Crippen LogP contribution < -0.4 is 10.5 Å². The van der Waals surface area contributed by atoms with Crippen LogP contribution in [0.5, 0.6) is 5.75 Å². The molecule has 1 aromatic rings. The van der Waals surface area contributed by atoms with Gasteiger partial charge in [-0.1, -0.05) is 6.07 Å². The summed E-state index contributed by atoms with van der Waals surface area (Å²) in [6.45, 7) is 3.04. The van der Waals surface area contributed by atoms with Crippen molar-refractivity contribution < 1.29 is 19.0 Å². The summed E-state index contributed by atoms with van der Waals surface area (Å²) in [7, 11) is 0. The van der Waals surface area contributed by atoms with E-state index >= 15 is 0 Å². The number of likely N-dealkylation sites (tertiary alicyclic amines) is 1. The van der Waals surface area contributed by atoms with Gasteiger partial charge in [-0.3, -0.25) is 4.79 Å².